The van der Waals surface area contributed by atoms with E-state index in [0.29, 0.717) is 38.2 Å². The average molecular weight is 263 g/mol. The van der Waals surface area contributed by atoms with Crippen molar-refractivity contribution in [3.8, 4) is 0 Å². The molecule has 7 nitrogen and oxygen atoms in total. The van der Waals surface area contributed by atoms with Crippen LogP contribution < -0.4 is 4.90 Å². The summed E-state index contributed by atoms with van der Waals surface area (Å²) in [5.41, 5.74) is -0.0256. The fourth-order valence-corrected chi connectivity index (χ4v) is 2.44. The molecule has 1 saturated heterocycles. The number of rotatable bonds is 3. The molecule has 1 fully saturated rings. The Balaban J connectivity index is 1.83. The van der Waals surface area contributed by atoms with Gasteiger partial charge in [-0.25, -0.2) is 4.98 Å². The Kier molecular flexibility index (Phi) is 3.08. The molecule has 2 aromatic heterocycles. The van der Waals surface area contributed by atoms with Crippen molar-refractivity contribution in [3.63, 3.8) is 0 Å². The van der Waals surface area contributed by atoms with Crippen molar-refractivity contribution in [1.29, 1.82) is 0 Å². The highest BCUT2D eigenvalue weighted by Gasteiger charge is 2.32. The SMILES string of the molecule is CN(CC1(O)CCOCC1)c1nccn2cnnc12. The molecule has 0 atom stereocenters. The van der Waals surface area contributed by atoms with E-state index < -0.39 is 5.60 Å². The highest BCUT2D eigenvalue weighted by molar-refractivity contribution is 5.62. The van der Waals surface area contributed by atoms with Gasteiger partial charge >= 0.3 is 0 Å². The second kappa shape index (κ2) is 4.75. The van der Waals surface area contributed by atoms with Crippen molar-refractivity contribution in [1.82, 2.24) is 19.6 Å². The van der Waals surface area contributed by atoms with Crippen molar-refractivity contribution >= 4 is 11.5 Å². The van der Waals surface area contributed by atoms with Crippen LogP contribution in [0.25, 0.3) is 5.65 Å². The number of ether oxygens (including phenoxy) is 1. The first-order valence-electron chi connectivity index (χ1n) is 6.34. The molecule has 0 unspecified atom stereocenters. The van der Waals surface area contributed by atoms with Crippen LogP contribution in [0, 0.1) is 0 Å². The minimum atomic E-state index is -0.721. The van der Waals surface area contributed by atoms with Crippen LogP contribution in [0.3, 0.4) is 0 Å². The number of hydrogen-bond donors (Lipinski definition) is 1. The number of anilines is 1. The molecule has 1 aliphatic rings. The molecule has 0 saturated carbocycles. The molecule has 1 N–H and O–H groups in total. The molecular formula is C12H17N5O2. The molecule has 102 valence electrons. The van der Waals surface area contributed by atoms with E-state index in [1.807, 2.05) is 16.3 Å². The third-order valence-electron chi connectivity index (χ3n) is 3.51. The average Bonchev–Trinajstić information content (AvgIpc) is 2.86. The lowest BCUT2D eigenvalue weighted by atomic mass is 9.94. The minimum Gasteiger partial charge on any atom is -0.388 e. The fourth-order valence-electron chi connectivity index (χ4n) is 2.44. The number of aliphatic hydroxyl groups is 1. The summed E-state index contributed by atoms with van der Waals surface area (Å²) in [6.45, 7) is 1.72. The van der Waals surface area contributed by atoms with Crippen molar-refractivity contribution in [3.05, 3.63) is 18.7 Å². The minimum absolute atomic E-state index is 0.510. The van der Waals surface area contributed by atoms with Crippen LogP contribution in [0.15, 0.2) is 18.7 Å². The Labute approximate surface area is 110 Å². The molecule has 0 radical (unpaired) electrons. The monoisotopic (exact) mass is 263 g/mol. The number of nitrogens with zero attached hydrogens (tertiary/aromatic N) is 5. The van der Waals surface area contributed by atoms with Gasteiger partial charge in [-0.3, -0.25) is 4.40 Å². The second-order valence-corrected chi connectivity index (χ2v) is 5.01. The Bertz CT molecular complexity index is 564. The summed E-state index contributed by atoms with van der Waals surface area (Å²) in [5.74, 6) is 0.722. The number of likely N-dealkylation sites (N-methyl/N-ethyl adjacent to an activating group) is 1. The predicted octanol–water partition coefficient (Wildman–Crippen LogP) is 0.102. The zero-order valence-corrected chi connectivity index (χ0v) is 10.9. The van der Waals surface area contributed by atoms with Crippen molar-refractivity contribution in [2.75, 3.05) is 31.7 Å². The van der Waals surface area contributed by atoms with Crippen LogP contribution in [0.1, 0.15) is 12.8 Å². The van der Waals surface area contributed by atoms with Crippen LogP contribution in [0.4, 0.5) is 5.82 Å². The molecule has 7 heteroatoms. The van der Waals surface area contributed by atoms with Gasteiger partial charge in [0.1, 0.15) is 6.33 Å². The number of aromatic nitrogens is 4. The first-order valence-corrected chi connectivity index (χ1v) is 6.34. The van der Waals surface area contributed by atoms with E-state index in [0.717, 1.165) is 5.82 Å². The first-order chi connectivity index (χ1) is 9.18. The van der Waals surface area contributed by atoms with Crippen LogP contribution in [-0.4, -0.2) is 57.1 Å². The molecule has 3 heterocycles. The molecular weight excluding hydrogens is 246 g/mol. The topological polar surface area (TPSA) is 75.8 Å². The van der Waals surface area contributed by atoms with Gasteiger partial charge in [-0.05, 0) is 0 Å². The molecule has 19 heavy (non-hydrogen) atoms. The molecule has 0 amide bonds. The summed E-state index contributed by atoms with van der Waals surface area (Å²) in [5, 5.41) is 18.5. The second-order valence-electron chi connectivity index (χ2n) is 5.01. The number of fused-ring (bicyclic) bond motifs is 1. The Morgan fingerprint density at radius 3 is 3.05 bits per heavy atom. The normalized spacial score (nSPS) is 18.6. The maximum absolute atomic E-state index is 10.5. The zero-order chi connectivity index (χ0) is 13.3. The van der Waals surface area contributed by atoms with Crippen LogP contribution in [0.2, 0.25) is 0 Å². The Hall–Kier alpha value is -1.73. The van der Waals surface area contributed by atoms with Crippen LogP contribution in [-0.2, 0) is 4.74 Å². The third-order valence-corrected chi connectivity index (χ3v) is 3.51. The summed E-state index contributed by atoms with van der Waals surface area (Å²) in [6, 6.07) is 0. The molecule has 2 aromatic rings. The van der Waals surface area contributed by atoms with Crippen LogP contribution >= 0.6 is 0 Å². The molecule has 3 rings (SSSR count). The first kappa shape index (κ1) is 12.3. The van der Waals surface area contributed by atoms with E-state index in [-0.39, 0.29) is 0 Å². The highest BCUT2D eigenvalue weighted by atomic mass is 16.5. The smallest absolute Gasteiger partial charge is 0.203 e. The Morgan fingerprint density at radius 1 is 1.47 bits per heavy atom. The molecule has 0 aromatic carbocycles. The molecule has 0 aliphatic carbocycles. The summed E-state index contributed by atoms with van der Waals surface area (Å²) in [7, 11) is 1.91. The van der Waals surface area contributed by atoms with E-state index in [9.17, 15) is 5.11 Å². The summed E-state index contributed by atoms with van der Waals surface area (Å²) in [6.07, 6.45) is 6.43. The lowest BCUT2D eigenvalue weighted by molar-refractivity contribution is -0.0573. The van der Waals surface area contributed by atoms with E-state index in [1.165, 1.54) is 0 Å². The largest absolute Gasteiger partial charge is 0.388 e. The van der Waals surface area contributed by atoms with Crippen molar-refractivity contribution < 1.29 is 9.84 Å². The van der Waals surface area contributed by atoms with Gasteiger partial charge in [-0.2, -0.15) is 0 Å². The van der Waals surface area contributed by atoms with Gasteiger partial charge in [0.15, 0.2) is 5.82 Å². The lowest BCUT2D eigenvalue weighted by Crippen LogP contribution is -2.46. The lowest BCUT2D eigenvalue weighted by Gasteiger charge is -2.35. The van der Waals surface area contributed by atoms with E-state index >= 15 is 0 Å². The zero-order valence-electron chi connectivity index (χ0n) is 10.9. The Morgan fingerprint density at radius 2 is 2.26 bits per heavy atom. The van der Waals surface area contributed by atoms with E-state index in [2.05, 4.69) is 15.2 Å². The summed E-state index contributed by atoms with van der Waals surface area (Å²) in [4.78, 5) is 6.26. The number of hydrogen-bond acceptors (Lipinski definition) is 6. The van der Waals surface area contributed by atoms with Crippen LogP contribution in [0.5, 0.6) is 0 Å². The quantitative estimate of drug-likeness (QED) is 0.846. The van der Waals surface area contributed by atoms with Gasteiger partial charge in [0.2, 0.25) is 5.65 Å². The fraction of sp³-hybridized carbons (Fsp3) is 0.583. The molecule has 0 bridgehead atoms. The van der Waals surface area contributed by atoms with E-state index in [4.69, 9.17) is 4.74 Å². The van der Waals surface area contributed by atoms with Gasteiger partial charge in [0, 0.05) is 52.0 Å². The van der Waals surface area contributed by atoms with Crippen molar-refractivity contribution in [2.45, 2.75) is 18.4 Å². The molecule has 0 spiro atoms. The maximum atomic E-state index is 10.5. The third kappa shape index (κ3) is 2.39. The van der Waals surface area contributed by atoms with Gasteiger partial charge in [-0.15, -0.1) is 10.2 Å². The van der Waals surface area contributed by atoms with Gasteiger partial charge in [0.25, 0.3) is 0 Å². The van der Waals surface area contributed by atoms with Gasteiger partial charge in [-0.1, -0.05) is 0 Å². The van der Waals surface area contributed by atoms with Crippen molar-refractivity contribution in [2.24, 2.45) is 0 Å². The summed E-state index contributed by atoms with van der Waals surface area (Å²) < 4.78 is 7.10. The van der Waals surface area contributed by atoms with Gasteiger partial charge in [0.05, 0.1) is 5.60 Å². The standard InChI is InChI=1S/C12H17N5O2/c1-16(8-12(18)2-6-19-7-3-12)10-11-15-14-9-17(11)5-4-13-10/h4-5,9,18H,2-3,6-8H2,1H3. The highest BCUT2D eigenvalue weighted by Crippen LogP contribution is 2.24. The van der Waals surface area contributed by atoms with E-state index in [1.54, 1.807) is 18.7 Å². The predicted molar refractivity (Wildman–Crippen MR) is 69.1 cm³/mol. The molecule has 1 aliphatic heterocycles. The van der Waals surface area contributed by atoms with Gasteiger partial charge < -0.3 is 14.7 Å². The maximum Gasteiger partial charge on any atom is 0.203 e. The summed E-state index contributed by atoms with van der Waals surface area (Å²) >= 11 is 0.